The van der Waals surface area contributed by atoms with E-state index >= 15 is 0 Å². The molecule has 0 radical (unpaired) electrons. The van der Waals surface area contributed by atoms with E-state index in [-0.39, 0.29) is 5.91 Å². The summed E-state index contributed by atoms with van der Waals surface area (Å²) in [6.07, 6.45) is 4.79. The Hall–Kier alpha value is -1.20. The number of thioether (sulfide) groups is 1. The number of ether oxygens (including phenoxy) is 1. The highest BCUT2D eigenvalue weighted by atomic mass is 32.2. The molecular weight excluding hydrogens is 284 g/mol. The molecule has 2 unspecified atom stereocenters. The molecule has 0 aliphatic carbocycles. The Morgan fingerprint density at radius 3 is 3.24 bits per heavy atom. The van der Waals surface area contributed by atoms with Crippen LogP contribution in [0.15, 0.2) is 23.1 Å². The third kappa shape index (κ3) is 3.71. The largest absolute Gasteiger partial charge is 0.382 e. The molecule has 0 saturated carbocycles. The van der Waals surface area contributed by atoms with E-state index in [4.69, 9.17) is 4.74 Å². The second kappa shape index (κ2) is 6.71. The first-order valence-electron chi connectivity index (χ1n) is 7.69. The van der Waals surface area contributed by atoms with Crippen LogP contribution in [0.3, 0.4) is 0 Å². The molecule has 5 heteroatoms. The van der Waals surface area contributed by atoms with Crippen molar-refractivity contribution in [3.05, 3.63) is 18.2 Å². The van der Waals surface area contributed by atoms with Crippen LogP contribution in [0.2, 0.25) is 0 Å². The summed E-state index contributed by atoms with van der Waals surface area (Å²) in [6, 6.07) is 6.70. The third-order valence-electron chi connectivity index (χ3n) is 3.96. The molecule has 1 fully saturated rings. The Morgan fingerprint density at radius 2 is 2.38 bits per heavy atom. The number of fused-ring (bicyclic) bond motifs is 1. The van der Waals surface area contributed by atoms with E-state index in [1.807, 2.05) is 6.07 Å². The summed E-state index contributed by atoms with van der Waals surface area (Å²) in [5, 5.41) is 6.54. The first-order valence-corrected chi connectivity index (χ1v) is 8.68. The fourth-order valence-electron chi connectivity index (χ4n) is 2.94. The van der Waals surface area contributed by atoms with Crippen molar-refractivity contribution in [2.75, 3.05) is 23.0 Å². The molecule has 0 spiro atoms. The zero-order chi connectivity index (χ0) is 14.7. The molecule has 21 heavy (non-hydrogen) atoms. The van der Waals surface area contributed by atoms with Crippen molar-refractivity contribution < 1.29 is 9.53 Å². The summed E-state index contributed by atoms with van der Waals surface area (Å²) in [5.41, 5.74) is 2.01. The third-order valence-corrected chi connectivity index (χ3v) is 5.03. The Morgan fingerprint density at radius 1 is 1.48 bits per heavy atom. The van der Waals surface area contributed by atoms with Crippen molar-refractivity contribution in [2.24, 2.45) is 0 Å². The van der Waals surface area contributed by atoms with E-state index in [0.29, 0.717) is 17.9 Å². The summed E-state index contributed by atoms with van der Waals surface area (Å²) in [4.78, 5) is 12.6. The first-order chi connectivity index (χ1) is 10.2. The lowest BCUT2D eigenvalue weighted by atomic mass is 10.00. The lowest BCUT2D eigenvalue weighted by Gasteiger charge is -2.31. The molecule has 1 aromatic carbocycles. The average Bonchev–Trinajstić information content (AvgIpc) is 2.47. The van der Waals surface area contributed by atoms with Gasteiger partial charge in [0.1, 0.15) is 0 Å². The van der Waals surface area contributed by atoms with E-state index in [1.165, 1.54) is 6.42 Å². The van der Waals surface area contributed by atoms with Gasteiger partial charge in [-0.3, -0.25) is 4.79 Å². The number of carbonyl (C=O) groups excluding carboxylic acids is 1. The zero-order valence-corrected chi connectivity index (χ0v) is 13.2. The minimum Gasteiger partial charge on any atom is -0.382 e. The Balaban J connectivity index is 1.65. The van der Waals surface area contributed by atoms with Gasteiger partial charge in [-0.25, -0.2) is 0 Å². The number of hydrogen-bond acceptors (Lipinski definition) is 4. The van der Waals surface area contributed by atoms with Crippen molar-refractivity contribution in [1.29, 1.82) is 0 Å². The van der Waals surface area contributed by atoms with Gasteiger partial charge < -0.3 is 15.4 Å². The van der Waals surface area contributed by atoms with Gasteiger partial charge in [-0.15, -0.1) is 11.8 Å². The van der Waals surface area contributed by atoms with Gasteiger partial charge in [-0.1, -0.05) is 13.3 Å². The molecule has 1 aromatic rings. The SMILES string of the molecule is CCCC1CC(Nc2ccc3c(c2)NC(=O)CS3)CCO1. The summed E-state index contributed by atoms with van der Waals surface area (Å²) in [7, 11) is 0. The van der Waals surface area contributed by atoms with E-state index in [9.17, 15) is 4.79 Å². The number of anilines is 2. The van der Waals surface area contributed by atoms with Crippen molar-refractivity contribution in [3.63, 3.8) is 0 Å². The average molecular weight is 306 g/mol. The lowest BCUT2D eigenvalue weighted by molar-refractivity contribution is -0.113. The smallest absolute Gasteiger partial charge is 0.234 e. The second-order valence-electron chi connectivity index (χ2n) is 5.69. The Kier molecular flexibility index (Phi) is 4.70. The number of hydrogen-bond donors (Lipinski definition) is 2. The van der Waals surface area contributed by atoms with Gasteiger partial charge in [0.2, 0.25) is 5.91 Å². The van der Waals surface area contributed by atoms with Gasteiger partial charge >= 0.3 is 0 Å². The standard InChI is InChI=1S/C16H22N2O2S/c1-2-3-13-8-12(6-7-20-13)17-11-4-5-15-14(9-11)18-16(19)10-21-15/h4-5,9,12-13,17H,2-3,6-8,10H2,1H3,(H,18,19). The van der Waals surface area contributed by atoms with Crippen LogP contribution in [0.5, 0.6) is 0 Å². The summed E-state index contributed by atoms with van der Waals surface area (Å²) < 4.78 is 5.79. The van der Waals surface area contributed by atoms with Crippen LogP contribution in [0.25, 0.3) is 0 Å². The van der Waals surface area contributed by atoms with Crippen LogP contribution in [0.1, 0.15) is 32.6 Å². The van der Waals surface area contributed by atoms with E-state index in [1.54, 1.807) is 11.8 Å². The molecule has 0 aromatic heterocycles. The second-order valence-corrected chi connectivity index (χ2v) is 6.71. The highest BCUT2D eigenvalue weighted by molar-refractivity contribution is 8.00. The molecule has 114 valence electrons. The highest BCUT2D eigenvalue weighted by Gasteiger charge is 2.22. The van der Waals surface area contributed by atoms with E-state index in [0.717, 1.165) is 42.1 Å². The topological polar surface area (TPSA) is 50.4 Å². The summed E-state index contributed by atoms with van der Waals surface area (Å²) in [5.74, 6) is 0.594. The summed E-state index contributed by atoms with van der Waals surface area (Å²) >= 11 is 1.60. The fraction of sp³-hybridized carbons (Fsp3) is 0.562. The quantitative estimate of drug-likeness (QED) is 0.894. The maximum atomic E-state index is 11.5. The minimum atomic E-state index is 0.0822. The number of nitrogens with one attached hydrogen (secondary N) is 2. The molecule has 2 atom stereocenters. The molecule has 3 rings (SSSR count). The van der Waals surface area contributed by atoms with Crippen LogP contribution in [-0.4, -0.2) is 30.4 Å². The molecular formula is C16H22N2O2S. The molecule has 1 saturated heterocycles. The monoisotopic (exact) mass is 306 g/mol. The normalized spacial score (nSPS) is 25.1. The van der Waals surface area contributed by atoms with Gasteiger partial charge in [0, 0.05) is 23.2 Å². The lowest BCUT2D eigenvalue weighted by Crippen LogP contribution is -2.34. The predicted octanol–water partition coefficient (Wildman–Crippen LogP) is 3.49. The van der Waals surface area contributed by atoms with Crippen molar-refractivity contribution in [1.82, 2.24) is 0 Å². The maximum absolute atomic E-state index is 11.5. The molecule has 2 N–H and O–H groups in total. The number of carbonyl (C=O) groups is 1. The van der Waals surface area contributed by atoms with Gasteiger partial charge in [0.15, 0.2) is 0 Å². The van der Waals surface area contributed by atoms with Crippen LogP contribution in [0, 0.1) is 0 Å². The fourth-order valence-corrected chi connectivity index (χ4v) is 3.73. The van der Waals surface area contributed by atoms with Crippen LogP contribution in [0.4, 0.5) is 11.4 Å². The van der Waals surface area contributed by atoms with Crippen LogP contribution >= 0.6 is 11.8 Å². The first kappa shape index (κ1) is 14.7. The van der Waals surface area contributed by atoms with Crippen LogP contribution in [-0.2, 0) is 9.53 Å². The van der Waals surface area contributed by atoms with Crippen LogP contribution < -0.4 is 10.6 Å². The number of benzene rings is 1. The minimum absolute atomic E-state index is 0.0822. The number of rotatable bonds is 4. The Bertz CT molecular complexity index is 519. The molecule has 1 amide bonds. The number of amides is 1. The van der Waals surface area contributed by atoms with Crippen molar-refractivity contribution in [3.8, 4) is 0 Å². The van der Waals surface area contributed by atoms with Gasteiger partial charge in [0.25, 0.3) is 0 Å². The molecule has 2 heterocycles. The van der Waals surface area contributed by atoms with Crippen molar-refractivity contribution >= 4 is 29.0 Å². The zero-order valence-electron chi connectivity index (χ0n) is 12.4. The van der Waals surface area contributed by atoms with Gasteiger partial charge in [-0.05, 0) is 37.5 Å². The highest BCUT2D eigenvalue weighted by Crippen LogP contribution is 2.34. The molecule has 2 aliphatic rings. The Labute approximate surface area is 130 Å². The summed E-state index contributed by atoms with van der Waals surface area (Å²) in [6.45, 7) is 3.03. The van der Waals surface area contributed by atoms with Gasteiger partial charge in [0.05, 0.1) is 17.5 Å². The molecule has 0 bridgehead atoms. The molecule has 4 nitrogen and oxygen atoms in total. The maximum Gasteiger partial charge on any atom is 0.234 e. The predicted molar refractivity (Wildman–Crippen MR) is 87.1 cm³/mol. The molecule has 2 aliphatic heterocycles. The van der Waals surface area contributed by atoms with Gasteiger partial charge in [-0.2, -0.15) is 0 Å². The van der Waals surface area contributed by atoms with E-state index < -0.39 is 0 Å². The van der Waals surface area contributed by atoms with Crippen molar-refractivity contribution in [2.45, 2.75) is 49.6 Å². The van der Waals surface area contributed by atoms with E-state index in [2.05, 4.69) is 29.7 Å².